The number of hydrogen-bond acceptors (Lipinski definition) is 7. The fourth-order valence-electron chi connectivity index (χ4n) is 4.73. The van der Waals surface area contributed by atoms with Crippen molar-refractivity contribution in [3.63, 3.8) is 0 Å². The molecule has 1 saturated heterocycles. The first-order chi connectivity index (χ1) is 18.0. The van der Waals surface area contributed by atoms with Gasteiger partial charge in [-0.3, -0.25) is 9.78 Å². The van der Waals surface area contributed by atoms with Crippen LogP contribution in [0, 0.1) is 11.3 Å². The minimum atomic E-state index is -0.300. The summed E-state index contributed by atoms with van der Waals surface area (Å²) in [5, 5.41) is 12.8. The molecule has 0 spiro atoms. The molecule has 2 aromatic heterocycles. The molecule has 2 atom stereocenters. The molecule has 1 aliphatic rings. The van der Waals surface area contributed by atoms with Gasteiger partial charge in [-0.25, -0.2) is 4.98 Å². The van der Waals surface area contributed by atoms with E-state index in [1.807, 2.05) is 50.2 Å². The fourth-order valence-corrected chi connectivity index (χ4v) is 4.73. The van der Waals surface area contributed by atoms with Crippen LogP contribution in [0.1, 0.15) is 29.8 Å². The van der Waals surface area contributed by atoms with E-state index in [-0.39, 0.29) is 18.1 Å². The molecule has 2 aromatic carbocycles. The number of pyridine rings is 2. The van der Waals surface area contributed by atoms with E-state index in [1.165, 1.54) is 0 Å². The number of benzene rings is 2. The Kier molecular flexibility index (Phi) is 6.71. The highest BCUT2D eigenvalue weighted by atomic mass is 16.5. The number of nitrogens with one attached hydrogen (secondary N) is 1. The number of carbonyl (C=O) groups excluding carboxylic acids is 1. The van der Waals surface area contributed by atoms with Crippen molar-refractivity contribution in [3.8, 4) is 22.9 Å². The van der Waals surface area contributed by atoms with E-state index >= 15 is 0 Å². The summed E-state index contributed by atoms with van der Waals surface area (Å²) in [6.07, 6.45) is 3.43. The third-order valence-electron chi connectivity index (χ3n) is 6.38. The minimum absolute atomic E-state index is 0.124. The zero-order valence-corrected chi connectivity index (χ0v) is 20.9. The van der Waals surface area contributed by atoms with Crippen molar-refractivity contribution in [1.29, 1.82) is 5.26 Å². The molecule has 1 fully saturated rings. The van der Waals surface area contributed by atoms with Gasteiger partial charge < -0.3 is 19.7 Å². The van der Waals surface area contributed by atoms with Crippen LogP contribution in [-0.2, 0) is 4.74 Å². The van der Waals surface area contributed by atoms with Gasteiger partial charge >= 0.3 is 0 Å². The number of morpholine rings is 1. The molecule has 186 valence electrons. The molecular formula is C29H27N5O3. The molecule has 1 aliphatic heterocycles. The molecule has 3 heterocycles. The number of rotatable bonds is 5. The number of para-hydroxylation sites is 1. The van der Waals surface area contributed by atoms with Crippen molar-refractivity contribution in [2.45, 2.75) is 26.1 Å². The largest absolute Gasteiger partial charge is 0.494 e. The Bertz CT molecular complexity index is 1470. The second kappa shape index (κ2) is 10.2. The molecule has 2 unspecified atom stereocenters. The van der Waals surface area contributed by atoms with Crippen LogP contribution in [0.4, 0.5) is 11.5 Å². The van der Waals surface area contributed by atoms with Crippen molar-refractivity contribution in [3.05, 3.63) is 78.1 Å². The topological polar surface area (TPSA) is 100 Å². The Morgan fingerprint density at radius 3 is 2.46 bits per heavy atom. The van der Waals surface area contributed by atoms with E-state index in [1.54, 1.807) is 37.7 Å². The molecule has 0 saturated carbocycles. The Labute approximate surface area is 215 Å². The van der Waals surface area contributed by atoms with Crippen LogP contribution in [0.3, 0.4) is 0 Å². The average molecular weight is 494 g/mol. The first kappa shape index (κ1) is 24.2. The molecule has 0 aliphatic carbocycles. The maximum atomic E-state index is 13.1. The lowest BCUT2D eigenvalue weighted by Crippen LogP contribution is -2.45. The summed E-state index contributed by atoms with van der Waals surface area (Å²) in [6, 6.07) is 18.9. The summed E-state index contributed by atoms with van der Waals surface area (Å²) in [6.45, 7) is 5.60. The van der Waals surface area contributed by atoms with E-state index in [0.29, 0.717) is 22.6 Å². The Morgan fingerprint density at radius 1 is 1.05 bits per heavy atom. The molecule has 37 heavy (non-hydrogen) atoms. The standard InChI is InChI=1S/C29H27N5O3/c1-18-16-34(17-19(2)37-18)26-12-11-22(14-31-26)29(35)33-25-15-32-27-23(5-4-6-24(27)28(25)36-3)21-9-7-20(13-30)8-10-21/h4-12,14-15,18-19H,16-17H2,1-3H3,(H,33,35). The number of methoxy groups -OCH3 is 1. The van der Waals surface area contributed by atoms with Gasteiger partial charge in [-0.05, 0) is 49.7 Å². The third kappa shape index (κ3) is 4.95. The SMILES string of the molecule is COc1c(NC(=O)c2ccc(N3CC(C)OC(C)C3)nc2)cnc2c(-c3ccc(C#N)cc3)cccc12. The Morgan fingerprint density at radius 2 is 1.81 bits per heavy atom. The zero-order valence-electron chi connectivity index (χ0n) is 20.9. The number of carbonyl (C=O) groups is 1. The molecule has 5 rings (SSSR count). The highest BCUT2D eigenvalue weighted by Gasteiger charge is 2.23. The van der Waals surface area contributed by atoms with Crippen LogP contribution in [0.2, 0.25) is 0 Å². The van der Waals surface area contributed by atoms with Gasteiger partial charge in [0.2, 0.25) is 0 Å². The van der Waals surface area contributed by atoms with E-state index < -0.39 is 0 Å². The monoisotopic (exact) mass is 493 g/mol. The number of fused-ring (bicyclic) bond motifs is 1. The molecule has 0 bridgehead atoms. The first-order valence-electron chi connectivity index (χ1n) is 12.1. The van der Waals surface area contributed by atoms with Gasteiger partial charge in [0, 0.05) is 30.2 Å². The predicted molar refractivity (Wildman–Crippen MR) is 143 cm³/mol. The second-order valence-corrected chi connectivity index (χ2v) is 9.12. The van der Waals surface area contributed by atoms with E-state index in [4.69, 9.17) is 14.7 Å². The number of ether oxygens (including phenoxy) is 2. The van der Waals surface area contributed by atoms with E-state index in [0.717, 1.165) is 40.9 Å². The quantitative estimate of drug-likeness (QED) is 0.416. The van der Waals surface area contributed by atoms with Crippen LogP contribution >= 0.6 is 0 Å². The molecule has 1 amide bonds. The number of aromatic nitrogens is 2. The predicted octanol–water partition coefficient (Wildman–Crippen LogP) is 5.04. The van der Waals surface area contributed by atoms with Gasteiger partial charge in [-0.1, -0.05) is 24.3 Å². The highest BCUT2D eigenvalue weighted by molar-refractivity contribution is 6.07. The van der Waals surface area contributed by atoms with Crippen LogP contribution in [0.5, 0.6) is 5.75 Å². The number of nitrogens with zero attached hydrogens (tertiary/aromatic N) is 4. The molecular weight excluding hydrogens is 466 g/mol. The van der Waals surface area contributed by atoms with Crippen LogP contribution in [0.25, 0.3) is 22.0 Å². The number of anilines is 2. The minimum Gasteiger partial charge on any atom is -0.494 e. The Hall–Kier alpha value is -4.48. The summed E-state index contributed by atoms with van der Waals surface area (Å²) in [5.41, 5.74) is 4.08. The van der Waals surface area contributed by atoms with Gasteiger partial charge in [0.25, 0.3) is 5.91 Å². The van der Waals surface area contributed by atoms with E-state index in [2.05, 4.69) is 26.3 Å². The van der Waals surface area contributed by atoms with Crippen LogP contribution < -0.4 is 15.0 Å². The van der Waals surface area contributed by atoms with Crippen molar-refractivity contribution in [2.75, 3.05) is 30.4 Å². The summed E-state index contributed by atoms with van der Waals surface area (Å²) in [7, 11) is 1.57. The number of amides is 1. The summed E-state index contributed by atoms with van der Waals surface area (Å²) < 4.78 is 11.5. The van der Waals surface area contributed by atoms with E-state index in [9.17, 15) is 4.79 Å². The number of nitriles is 1. The lowest BCUT2D eigenvalue weighted by atomic mass is 10.0. The van der Waals surface area contributed by atoms with Gasteiger partial charge in [0.05, 0.1) is 48.2 Å². The summed E-state index contributed by atoms with van der Waals surface area (Å²) >= 11 is 0. The van der Waals surface area contributed by atoms with Crippen molar-refractivity contribution in [1.82, 2.24) is 9.97 Å². The zero-order chi connectivity index (χ0) is 25.9. The fraction of sp³-hybridized carbons (Fsp3) is 0.241. The third-order valence-corrected chi connectivity index (χ3v) is 6.38. The maximum absolute atomic E-state index is 13.1. The molecule has 4 aromatic rings. The van der Waals surface area contributed by atoms with Gasteiger partial charge in [0.15, 0.2) is 5.75 Å². The Balaban J connectivity index is 1.40. The van der Waals surface area contributed by atoms with Crippen molar-refractivity contribution in [2.24, 2.45) is 0 Å². The van der Waals surface area contributed by atoms with Gasteiger partial charge in [-0.15, -0.1) is 0 Å². The molecule has 8 nitrogen and oxygen atoms in total. The highest BCUT2D eigenvalue weighted by Crippen LogP contribution is 2.37. The smallest absolute Gasteiger partial charge is 0.257 e. The lowest BCUT2D eigenvalue weighted by Gasteiger charge is -2.36. The molecule has 8 heteroatoms. The average Bonchev–Trinajstić information content (AvgIpc) is 2.92. The lowest BCUT2D eigenvalue weighted by molar-refractivity contribution is -0.00546. The van der Waals surface area contributed by atoms with Gasteiger partial charge in [-0.2, -0.15) is 5.26 Å². The normalized spacial score (nSPS) is 17.3. The summed E-state index contributed by atoms with van der Waals surface area (Å²) in [5.74, 6) is 1.04. The second-order valence-electron chi connectivity index (χ2n) is 9.12. The van der Waals surface area contributed by atoms with Crippen molar-refractivity contribution >= 4 is 28.3 Å². The summed E-state index contributed by atoms with van der Waals surface area (Å²) in [4.78, 5) is 24.4. The maximum Gasteiger partial charge on any atom is 0.257 e. The number of hydrogen-bond donors (Lipinski definition) is 1. The van der Waals surface area contributed by atoms with Gasteiger partial charge in [0.1, 0.15) is 11.5 Å². The van der Waals surface area contributed by atoms with Crippen LogP contribution in [0.15, 0.2) is 67.0 Å². The molecule has 1 N–H and O–H groups in total. The molecule has 0 radical (unpaired) electrons. The van der Waals surface area contributed by atoms with Crippen molar-refractivity contribution < 1.29 is 14.3 Å². The first-order valence-corrected chi connectivity index (χ1v) is 12.1. The van der Waals surface area contributed by atoms with Crippen LogP contribution in [-0.4, -0.2) is 48.3 Å².